The molecule has 0 aliphatic carbocycles. The van der Waals surface area contributed by atoms with Crippen molar-refractivity contribution < 1.29 is 32.1 Å². The number of nitrogens with zero attached hydrogens (tertiary/aromatic N) is 2. The number of alkyl halides is 3. The van der Waals surface area contributed by atoms with Gasteiger partial charge in [0.15, 0.2) is 11.5 Å². The Kier molecular flexibility index (Phi) is 6.31. The minimum absolute atomic E-state index is 0.338. The Morgan fingerprint density at radius 2 is 1.71 bits per heavy atom. The van der Waals surface area contributed by atoms with Crippen LogP contribution in [0.25, 0.3) is 10.9 Å². The highest BCUT2D eigenvalue weighted by Crippen LogP contribution is 2.40. The van der Waals surface area contributed by atoms with Crippen LogP contribution in [0.4, 0.5) is 18.9 Å². The number of rotatable bonds is 7. The first-order valence-corrected chi connectivity index (χ1v) is 10.2. The molecule has 35 heavy (non-hydrogen) atoms. The number of nitrogens with two attached hydrogens (primary N) is 1. The first-order valence-electron chi connectivity index (χ1n) is 10.2. The average Bonchev–Trinajstić information content (AvgIpc) is 2.81. The van der Waals surface area contributed by atoms with Crippen LogP contribution in [-0.4, -0.2) is 38.9 Å². The van der Waals surface area contributed by atoms with Crippen LogP contribution in [-0.2, 0) is 5.79 Å². The van der Waals surface area contributed by atoms with Gasteiger partial charge in [-0.1, -0.05) is 0 Å². The Hall–Kier alpha value is -4.19. The fourth-order valence-electron chi connectivity index (χ4n) is 3.56. The van der Waals surface area contributed by atoms with Crippen LogP contribution in [0.2, 0.25) is 0 Å². The first kappa shape index (κ1) is 24.0. The van der Waals surface area contributed by atoms with Crippen LogP contribution in [0.1, 0.15) is 5.56 Å². The van der Waals surface area contributed by atoms with E-state index in [1.807, 2.05) is 0 Å². The number of pyridine rings is 1. The zero-order valence-corrected chi connectivity index (χ0v) is 18.9. The molecule has 0 bridgehead atoms. The van der Waals surface area contributed by atoms with E-state index in [4.69, 9.17) is 19.9 Å². The average molecular weight is 489 g/mol. The van der Waals surface area contributed by atoms with Gasteiger partial charge < -0.3 is 29.6 Å². The van der Waals surface area contributed by atoms with E-state index in [-0.39, 0.29) is 5.75 Å². The molecule has 4 rings (SSSR count). The summed E-state index contributed by atoms with van der Waals surface area (Å²) in [6.07, 6.45) is -0.0782. The number of halogens is 3. The number of hydrogen-bond donors (Lipinski definition) is 3. The number of hydrogen-bond acceptors (Lipinski definition) is 9. The summed E-state index contributed by atoms with van der Waals surface area (Å²) in [6.45, 7) is 0. The number of methoxy groups -OCH3 is 3. The van der Waals surface area contributed by atoms with Crippen molar-refractivity contribution in [1.82, 2.24) is 10.3 Å². The molecule has 0 radical (unpaired) electrons. The molecular weight excluding hydrogens is 467 g/mol. The predicted octanol–water partition coefficient (Wildman–Crippen LogP) is 3.86. The smallest absolute Gasteiger partial charge is 0.493 e. The third-order valence-corrected chi connectivity index (χ3v) is 5.11. The minimum atomic E-state index is -4.79. The Balaban J connectivity index is 1.59. The molecule has 184 valence electrons. The summed E-state index contributed by atoms with van der Waals surface area (Å²) in [5.41, 5.74) is 8.09. The molecule has 0 amide bonds. The van der Waals surface area contributed by atoms with Crippen LogP contribution >= 0.6 is 0 Å². The normalized spacial score (nSPS) is 17.4. The van der Waals surface area contributed by atoms with E-state index in [1.165, 1.54) is 45.7 Å². The van der Waals surface area contributed by atoms with Crippen molar-refractivity contribution in [3.05, 3.63) is 60.1 Å². The highest BCUT2D eigenvalue weighted by molar-refractivity contribution is 5.83. The molecule has 0 saturated carbocycles. The molecule has 1 aliphatic rings. The standard InChI is InChI=1S/C23H22F3N5O4/c1-32-18-10-14(11-19(33-2)21(18)34-3)22(27)29-7-6-20(31-22)30-15-8-13-9-16(35-23(24,25)26)4-5-17(13)28-12-15/h4-12,30-31H,27H2,1-3H3. The third kappa shape index (κ3) is 5.17. The van der Waals surface area contributed by atoms with Gasteiger partial charge >= 0.3 is 6.36 Å². The number of fused-ring (bicyclic) bond motifs is 1. The Labute approximate surface area is 198 Å². The van der Waals surface area contributed by atoms with Crippen LogP contribution in [0, 0.1) is 0 Å². The van der Waals surface area contributed by atoms with Crippen LogP contribution in [0.15, 0.2) is 59.5 Å². The molecule has 0 spiro atoms. The largest absolute Gasteiger partial charge is 0.573 e. The lowest BCUT2D eigenvalue weighted by Crippen LogP contribution is -2.51. The summed E-state index contributed by atoms with van der Waals surface area (Å²) < 4.78 is 57.8. The van der Waals surface area contributed by atoms with Gasteiger partial charge in [0.25, 0.3) is 0 Å². The quantitative estimate of drug-likeness (QED) is 0.459. The number of anilines is 1. The second kappa shape index (κ2) is 9.22. The van der Waals surface area contributed by atoms with Gasteiger partial charge in [-0.3, -0.25) is 10.7 Å². The van der Waals surface area contributed by atoms with Crippen LogP contribution < -0.4 is 35.3 Å². The van der Waals surface area contributed by atoms with E-state index in [0.29, 0.717) is 45.2 Å². The third-order valence-electron chi connectivity index (χ3n) is 5.11. The molecule has 1 aliphatic heterocycles. The van der Waals surface area contributed by atoms with Gasteiger partial charge in [-0.25, -0.2) is 4.99 Å². The van der Waals surface area contributed by atoms with Crippen molar-refractivity contribution in [2.24, 2.45) is 10.7 Å². The molecule has 9 nitrogen and oxygen atoms in total. The van der Waals surface area contributed by atoms with Gasteiger partial charge in [0, 0.05) is 17.2 Å². The van der Waals surface area contributed by atoms with Crippen molar-refractivity contribution in [2.75, 3.05) is 26.6 Å². The summed E-state index contributed by atoms with van der Waals surface area (Å²) >= 11 is 0. The van der Waals surface area contributed by atoms with Gasteiger partial charge in [0.2, 0.25) is 11.5 Å². The SMILES string of the molecule is COc1cc(C2(N)N=CC=C(Nc3cnc4ccc(OC(F)(F)F)cc4c3)N2)cc(OC)c1OC. The lowest BCUT2D eigenvalue weighted by Gasteiger charge is -2.32. The van der Waals surface area contributed by atoms with Crippen LogP contribution in [0.3, 0.4) is 0 Å². The summed E-state index contributed by atoms with van der Waals surface area (Å²) in [4.78, 5) is 8.64. The zero-order chi connectivity index (χ0) is 25.2. The Morgan fingerprint density at radius 3 is 2.34 bits per heavy atom. The zero-order valence-electron chi connectivity index (χ0n) is 18.9. The number of benzene rings is 2. The summed E-state index contributed by atoms with van der Waals surface area (Å²) in [5.74, 6) is -0.0320. The van der Waals surface area contributed by atoms with E-state index < -0.39 is 12.1 Å². The maximum atomic E-state index is 12.6. The molecule has 0 fully saturated rings. The molecule has 1 unspecified atom stereocenters. The maximum Gasteiger partial charge on any atom is 0.573 e. The maximum absolute atomic E-state index is 12.6. The van der Waals surface area contributed by atoms with Gasteiger partial charge in [-0.15, -0.1) is 13.2 Å². The van der Waals surface area contributed by atoms with Gasteiger partial charge in [-0.2, -0.15) is 0 Å². The predicted molar refractivity (Wildman–Crippen MR) is 124 cm³/mol. The fourth-order valence-corrected chi connectivity index (χ4v) is 3.56. The molecule has 0 saturated heterocycles. The van der Waals surface area contributed by atoms with Gasteiger partial charge in [0.05, 0.1) is 38.7 Å². The lowest BCUT2D eigenvalue weighted by atomic mass is 10.1. The first-order chi connectivity index (χ1) is 16.6. The molecular formula is C23H22F3N5O4. The van der Waals surface area contributed by atoms with E-state index >= 15 is 0 Å². The molecule has 1 atom stereocenters. The van der Waals surface area contributed by atoms with Crippen molar-refractivity contribution in [2.45, 2.75) is 12.1 Å². The fraction of sp³-hybridized carbons (Fsp3) is 0.217. The van der Waals surface area contributed by atoms with E-state index in [0.717, 1.165) is 0 Å². The molecule has 2 aromatic carbocycles. The molecule has 2 heterocycles. The molecule has 4 N–H and O–H groups in total. The summed E-state index contributed by atoms with van der Waals surface area (Å²) in [7, 11) is 4.48. The highest BCUT2D eigenvalue weighted by atomic mass is 19.4. The van der Waals surface area contributed by atoms with E-state index in [1.54, 1.807) is 30.5 Å². The molecule has 12 heteroatoms. The monoisotopic (exact) mass is 489 g/mol. The molecule has 1 aromatic heterocycles. The summed E-state index contributed by atoms with van der Waals surface area (Å²) in [5, 5.41) is 6.66. The van der Waals surface area contributed by atoms with Crippen molar-refractivity contribution in [3.8, 4) is 23.0 Å². The van der Waals surface area contributed by atoms with Gasteiger partial charge in [0.1, 0.15) is 11.6 Å². The number of nitrogens with one attached hydrogen (secondary N) is 2. The van der Waals surface area contributed by atoms with Crippen LogP contribution in [0.5, 0.6) is 23.0 Å². The summed E-state index contributed by atoms with van der Waals surface area (Å²) in [6, 6.07) is 8.90. The lowest BCUT2D eigenvalue weighted by molar-refractivity contribution is -0.274. The Bertz CT molecular complexity index is 1290. The van der Waals surface area contributed by atoms with Crippen molar-refractivity contribution in [1.29, 1.82) is 0 Å². The van der Waals surface area contributed by atoms with Crippen molar-refractivity contribution >= 4 is 22.8 Å². The van der Waals surface area contributed by atoms with Gasteiger partial charge in [-0.05, 0) is 42.5 Å². The van der Waals surface area contributed by atoms with E-state index in [9.17, 15) is 13.2 Å². The Morgan fingerprint density at radius 1 is 1.00 bits per heavy atom. The van der Waals surface area contributed by atoms with E-state index in [2.05, 4.69) is 25.3 Å². The second-order valence-corrected chi connectivity index (χ2v) is 7.42. The second-order valence-electron chi connectivity index (χ2n) is 7.42. The topological polar surface area (TPSA) is 112 Å². The molecule has 3 aromatic rings. The van der Waals surface area contributed by atoms with Crippen molar-refractivity contribution in [3.63, 3.8) is 0 Å². The minimum Gasteiger partial charge on any atom is -0.493 e. The number of allylic oxidation sites excluding steroid dienone is 1. The number of ether oxygens (including phenoxy) is 4. The number of aromatic nitrogens is 1. The number of aliphatic imine (C=N–C) groups is 1. The highest BCUT2D eigenvalue weighted by Gasteiger charge is 2.32.